The standard InChI is InChI=1S/C34H42ClN5O3S/c1-3-4-5-6-7-8-9-10-11-17-22-43-29-21-16-15-18-26(29)23-31(41)36-28-24-30(25(2)32(35)33(28)42)44-34-37-38-39-40(34)27-19-13-12-14-20-27/h12-16,18-21,24,42H,3-11,17,22-23H2,1-2H3,(H,36,41). The highest BCUT2D eigenvalue weighted by Gasteiger charge is 2.19. The Kier molecular flexibility index (Phi) is 13.4. The number of anilines is 1. The molecular formula is C34H42ClN5O3S. The van der Waals surface area contributed by atoms with E-state index in [2.05, 4.69) is 27.8 Å². The highest BCUT2D eigenvalue weighted by molar-refractivity contribution is 7.99. The van der Waals surface area contributed by atoms with Gasteiger partial charge in [0.25, 0.3) is 0 Å². The van der Waals surface area contributed by atoms with E-state index in [9.17, 15) is 9.90 Å². The molecule has 8 nitrogen and oxygen atoms in total. The average molecular weight is 636 g/mol. The average Bonchev–Trinajstić information content (AvgIpc) is 3.50. The number of benzene rings is 3. The van der Waals surface area contributed by atoms with Crippen molar-refractivity contribution in [2.24, 2.45) is 0 Å². The summed E-state index contributed by atoms with van der Waals surface area (Å²) in [6, 6.07) is 18.8. The summed E-state index contributed by atoms with van der Waals surface area (Å²) in [6.45, 7) is 4.67. The second-order valence-electron chi connectivity index (χ2n) is 10.9. The molecule has 0 aliphatic carbocycles. The fourth-order valence-corrected chi connectivity index (χ4v) is 6.11. The van der Waals surface area contributed by atoms with Crippen LogP contribution in [0.1, 0.15) is 82.3 Å². The number of phenolic OH excluding ortho intramolecular Hbond substituents is 1. The number of aromatic hydroxyl groups is 1. The van der Waals surface area contributed by atoms with E-state index in [1.54, 1.807) is 17.7 Å². The van der Waals surface area contributed by atoms with E-state index in [0.717, 1.165) is 24.1 Å². The Morgan fingerprint density at radius 3 is 2.34 bits per heavy atom. The second kappa shape index (κ2) is 17.7. The van der Waals surface area contributed by atoms with E-state index in [1.165, 1.54) is 63.1 Å². The molecule has 2 N–H and O–H groups in total. The summed E-state index contributed by atoms with van der Waals surface area (Å²) < 4.78 is 7.69. The first kappa shape index (κ1) is 33.3. The first-order valence-electron chi connectivity index (χ1n) is 15.5. The summed E-state index contributed by atoms with van der Waals surface area (Å²) in [5.74, 6) is 0.226. The molecule has 1 aromatic heterocycles. The molecule has 0 aliphatic heterocycles. The van der Waals surface area contributed by atoms with Crippen LogP contribution in [0.2, 0.25) is 5.02 Å². The summed E-state index contributed by atoms with van der Waals surface area (Å²) in [5, 5.41) is 26.4. The summed E-state index contributed by atoms with van der Waals surface area (Å²) in [4.78, 5) is 13.8. The molecule has 0 fully saturated rings. The number of nitrogens with one attached hydrogen (secondary N) is 1. The number of amides is 1. The number of carbonyl (C=O) groups excluding carboxylic acids is 1. The summed E-state index contributed by atoms with van der Waals surface area (Å²) >= 11 is 7.79. The molecule has 44 heavy (non-hydrogen) atoms. The van der Waals surface area contributed by atoms with E-state index in [-0.39, 0.29) is 28.8 Å². The predicted octanol–water partition coefficient (Wildman–Crippen LogP) is 8.96. The maximum absolute atomic E-state index is 13.1. The molecule has 0 atom stereocenters. The molecule has 0 saturated carbocycles. The zero-order valence-electron chi connectivity index (χ0n) is 25.6. The van der Waals surface area contributed by atoms with E-state index >= 15 is 0 Å². The van der Waals surface area contributed by atoms with Crippen molar-refractivity contribution in [3.8, 4) is 17.2 Å². The molecule has 1 heterocycles. The Morgan fingerprint density at radius 1 is 0.955 bits per heavy atom. The number of hydrogen-bond donors (Lipinski definition) is 2. The van der Waals surface area contributed by atoms with E-state index in [4.69, 9.17) is 16.3 Å². The van der Waals surface area contributed by atoms with Gasteiger partial charge in [-0.2, -0.15) is 4.68 Å². The maximum atomic E-state index is 13.1. The van der Waals surface area contributed by atoms with Gasteiger partial charge in [-0.25, -0.2) is 0 Å². The third kappa shape index (κ3) is 9.72. The van der Waals surface area contributed by atoms with Gasteiger partial charge in [-0.3, -0.25) is 4.79 Å². The molecule has 0 saturated heterocycles. The van der Waals surface area contributed by atoms with Crippen molar-refractivity contribution in [1.29, 1.82) is 0 Å². The SMILES string of the molecule is CCCCCCCCCCCCOc1ccccc1CC(=O)Nc1cc(Sc2nnnn2-c2ccccc2)c(C)c(Cl)c1O. The van der Waals surface area contributed by atoms with Gasteiger partial charge in [0.2, 0.25) is 11.1 Å². The Hall–Kier alpha value is -3.56. The summed E-state index contributed by atoms with van der Waals surface area (Å²) in [6.07, 6.45) is 12.7. The topological polar surface area (TPSA) is 102 Å². The van der Waals surface area contributed by atoms with Gasteiger partial charge in [0.15, 0.2) is 5.75 Å². The second-order valence-corrected chi connectivity index (χ2v) is 12.3. The number of rotatable bonds is 18. The van der Waals surface area contributed by atoms with Gasteiger partial charge < -0.3 is 15.2 Å². The summed E-state index contributed by atoms with van der Waals surface area (Å²) in [5.41, 5.74) is 2.47. The van der Waals surface area contributed by atoms with Crippen LogP contribution in [0.25, 0.3) is 5.69 Å². The fourth-order valence-electron chi connectivity index (χ4n) is 4.91. The predicted molar refractivity (Wildman–Crippen MR) is 177 cm³/mol. The van der Waals surface area contributed by atoms with Crippen LogP contribution in [-0.2, 0) is 11.2 Å². The Bertz CT molecular complexity index is 1480. The van der Waals surface area contributed by atoms with Crippen molar-refractivity contribution in [1.82, 2.24) is 20.2 Å². The lowest BCUT2D eigenvalue weighted by Gasteiger charge is -2.15. The molecule has 3 aromatic carbocycles. The fraction of sp³-hybridized carbons (Fsp3) is 0.412. The van der Waals surface area contributed by atoms with Crippen molar-refractivity contribution in [3.63, 3.8) is 0 Å². The maximum Gasteiger partial charge on any atom is 0.229 e. The van der Waals surface area contributed by atoms with Crippen LogP contribution in [0.15, 0.2) is 70.7 Å². The molecule has 0 bridgehead atoms. The van der Waals surface area contributed by atoms with Crippen LogP contribution < -0.4 is 10.1 Å². The molecule has 234 valence electrons. The Balaban J connectivity index is 1.32. The van der Waals surface area contributed by atoms with Crippen LogP contribution >= 0.6 is 23.4 Å². The van der Waals surface area contributed by atoms with Crippen molar-refractivity contribution in [2.45, 2.75) is 94.5 Å². The van der Waals surface area contributed by atoms with Crippen LogP contribution in [0, 0.1) is 6.92 Å². The number of para-hydroxylation sites is 2. The highest BCUT2D eigenvalue weighted by Crippen LogP contribution is 2.42. The first-order chi connectivity index (χ1) is 21.5. The lowest BCUT2D eigenvalue weighted by atomic mass is 10.1. The molecule has 10 heteroatoms. The van der Waals surface area contributed by atoms with Crippen LogP contribution in [0.4, 0.5) is 5.69 Å². The number of ether oxygens (including phenoxy) is 1. The Labute approximate surface area is 269 Å². The van der Waals surface area contributed by atoms with Gasteiger partial charge in [0, 0.05) is 10.5 Å². The van der Waals surface area contributed by atoms with Gasteiger partial charge in [-0.15, -0.1) is 5.10 Å². The number of phenols is 1. The zero-order valence-corrected chi connectivity index (χ0v) is 27.2. The normalized spacial score (nSPS) is 11.1. The molecule has 4 aromatic rings. The largest absolute Gasteiger partial charge is 0.504 e. The van der Waals surface area contributed by atoms with Crippen molar-refractivity contribution < 1.29 is 14.6 Å². The number of carbonyl (C=O) groups is 1. The minimum absolute atomic E-state index is 0.0911. The molecule has 0 aliphatic rings. The van der Waals surface area contributed by atoms with Crippen LogP contribution in [0.3, 0.4) is 0 Å². The number of hydrogen-bond acceptors (Lipinski definition) is 7. The minimum atomic E-state index is -0.291. The number of unbranched alkanes of at least 4 members (excludes halogenated alkanes) is 9. The van der Waals surface area contributed by atoms with Gasteiger partial charge in [0.05, 0.1) is 29.4 Å². The number of nitrogens with zero attached hydrogens (tertiary/aromatic N) is 4. The molecule has 1 amide bonds. The van der Waals surface area contributed by atoms with Crippen LogP contribution in [0.5, 0.6) is 11.5 Å². The van der Waals surface area contributed by atoms with Crippen molar-refractivity contribution in [3.05, 3.63) is 76.8 Å². The smallest absolute Gasteiger partial charge is 0.229 e. The number of aromatic nitrogens is 4. The number of halogens is 1. The summed E-state index contributed by atoms with van der Waals surface area (Å²) in [7, 11) is 0. The van der Waals surface area contributed by atoms with Gasteiger partial charge in [-0.05, 0) is 65.4 Å². The Morgan fingerprint density at radius 2 is 1.61 bits per heavy atom. The van der Waals surface area contributed by atoms with Crippen molar-refractivity contribution in [2.75, 3.05) is 11.9 Å². The molecule has 0 unspecified atom stereocenters. The molecular weight excluding hydrogens is 594 g/mol. The highest BCUT2D eigenvalue weighted by atomic mass is 35.5. The van der Waals surface area contributed by atoms with E-state index in [0.29, 0.717) is 28.0 Å². The minimum Gasteiger partial charge on any atom is -0.504 e. The van der Waals surface area contributed by atoms with Gasteiger partial charge >= 0.3 is 0 Å². The van der Waals surface area contributed by atoms with Gasteiger partial charge in [0.1, 0.15) is 5.75 Å². The lowest BCUT2D eigenvalue weighted by molar-refractivity contribution is -0.115. The lowest BCUT2D eigenvalue weighted by Crippen LogP contribution is -2.15. The quantitative estimate of drug-likeness (QED) is 0.0831. The van der Waals surface area contributed by atoms with Gasteiger partial charge in [-0.1, -0.05) is 113 Å². The molecule has 4 rings (SSSR count). The zero-order chi connectivity index (χ0) is 31.1. The number of tetrazole rings is 1. The van der Waals surface area contributed by atoms with E-state index in [1.807, 2.05) is 54.6 Å². The monoisotopic (exact) mass is 635 g/mol. The molecule has 0 spiro atoms. The first-order valence-corrected chi connectivity index (χ1v) is 16.7. The third-order valence-electron chi connectivity index (χ3n) is 7.43. The van der Waals surface area contributed by atoms with E-state index < -0.39 is 0 Å². The molecule has 0 radical (unpaired) electrons. The van der Waals surface area contributed by atoms with Crippen LogP contribution in [-0.4, -0.2) is 37.8 Å². The third-order valence-corrected chi connectivity index (χ3v) is 8.98. The van der Waals surface area contributed by atoms with Crippen molar-refractivity contribution >= 4 is 35.0 Å².